The molecule has 0 amide bonds. The van der Waals surface area contributed by atoms with Gasteiger partial charge in [0.25, 0.3) is 0 Å². The highest BCUT2D eigenvalue weighted by Crippen LogP contribution is 2.40. The molecule has 3 heteroatoms. The van der Waals surface area contributed by atoms with Crippen molar-refractivity contribution in [1.82, 2.24) is 0 Å². The van der Waals surface area contributed by atoms with Crippen LogP contribution in [0.2, 0.25) is 0 Å². The average Bonchev–Trinajstić information content (AvgIpc) is 1.99. The predicted molar refractivity (Wildman–Crippen MR) is 63.9 cm³/mol. The summed E-state index contributed by atoms with van der Waals surface area (Å²) in [6.45, 7) is 7.72. The van der Waals surface area contributed by atoms with E-state index in [-0.39, 0.29) is 15.8 Å². The summed E-state index contributed by atoms with van der Waals surface area (Å²) in [5.74, 6) is 0.918. The Labute approximate surface area is 96.2 Å². The highest BCUT2D eigenvalue weighted by Gasteiger charge is 2.39. The molecule has 0 unspecified atom stereocenters. The lowest BCUT2D eigenvalue weighted by Crippen LogP contribution is -2.38. The summed E-state index contributed by atoms with van der Waals surface area (Å²) in [4.78, 5) is 23.0. The minimum absolute atomic E-state index is 0.0580. The normalized spacial score (nSPS) is 27.9. The molecule has 1 aliphatic rings. The van der Waals surface area contributed by atoms with Crippen molar-refractivity contribution in [3.05, 3.63) is 0 Å². The highest BCUT2D eigenvalue weighted by molar-refractivity contribution is 8.14. The second-order valence-corrected chi connectivity index (χ2v) is 6.93. The molecule has 15 heavy (non-hydrogen) atoms. The number of thioether (sulfide) groups is 1. The van der Waals surface area contributed by atoms with E-state index in [0.29, 0.717) is 18.1 Å². The molecule has 2 nitrogen and oxygen atoms in total. The topological polar surface area (TPSA) is 34.1 Å². The molecule has 1 fully saturated rings. The van der Waals surface area contributed by atoms with Crippen LogP contribution in [0.4, 0.5) is 0 Å². The maximum Gasteiger partial charge on any atom is 0.186 e. The van der Waals surface area contributed by atoms with Crippen molar-refractivity contribution in [3.8, 4) is 0 Å². The molecular formula is C12H20O2S. The fraction of sp³-hybridized carbons (Fsp3) is 0.833. The molecule has 0 saturated heterocycles. The molecule has 0 N–H and O–H groups in total. The van der Waals surface area contributed by atoms with Crippen LogP contribution in [0.1, 0.15) is 47.0 Å². The van der Waals surface area contributed by atoms with Crippen LogP contribution in [0.25, 0.3) is 0 Å². The molecule has 0 bridgehead atoms. The van der Waals surface area contributed by atoms with Crippen molar-refractivity contribution in [3.63, 3.8) is 0 Å². The summed E-state index contributed by atoms with van der Waals surface area (Å²) >= 11 is 1.31. The molecule has 2 atom stereocenters. The van der Waals surface area contributed by atoms with E-state index in [1.165, 1.54) is 11.8 Å². The smallest absolute Gasteiger partial charge is 0.186 e. The minimum Gasteiger partial charge on any atom is -0.299 e. The molecule has 1 saturated carbocycles. The van der Waals surface area contributed by atoms with E-state index in [0.717, 1.165) is 12.8 Å². The van der Waals surface area contributed by atoms with Gasteiger partial charge in [-0.1, -0.05) is 18.7 Å². The number of Topliss-reactive ketones (excluding diaryl/α,β-unsaturated/α-hetero) is 1. The third-order valence-electron chi connectivity index (χ3n) is 3.13. The SMILES string of the molecule is CC(=O)SC(C)(C)[C@H]1CC[C@@H](C)CC1=O. The summed E-state index contributed by atoms with van der Waals surface area (Å²) in [7, 11) is 0. The van der Waals surface area contributed by atoms with Gasteiger partial charge in [-0.2, -0.15) is 0 Å². The number of hydrogen-bond donors (Lipinski definition) is 0. The average molecular weight is 228 g/mol. The molecular weight excluding hydrogens is 208 g/mol. The summed E-state index contributed by atoms with van der Waals surface area (Å²) in [5, 5.41) is 0.103. The van der Waals surface area contributed by atoms with E-state index < -0.39 is 0 Å². The monoisotopic (exact) mass is 228 g/mol. The summed E-state index contributed by atoms with van der Waals surface area (Å²) in [5.41, 5.74) is 0. The molecule has 86 valence electrons. The molecule has 1 aliphatic carbocycles. The maximum atomic E-state index is 11.9. The Kier molecular flexibility index (Phi) is 3.99. The zero-order valence-corrected chi connectivity index (χ0v) is 10.8. The van der Waals surface area contributed by atoms with Crippen LogP contribution in [0.5, 0.6) is 0 Å². The summed E-state index contributed by atoms with van der Waals surface area (Å²) < 4.78 is -0.233. The third kappa shape index (κ3) is 3.33. The van der Waals surface area contributed by atoms with Crippen molar-refractivity contribution in [1.29, 1.82) is 0 Å². The Morgan fingerprint density at radius 2 is 2.00 bits per heavy atom. The second kappa shape index (κ2) is 4.69. The van der Waals surface area contributed by atoms with Crippen molar-refractivity contribution in [2.24, 2.45) is 11.8 Å². The first-order valence-electron chi connectivity index (χ1n) is 5.55. The Bertz CT molecular complexity index is 271. The van der Waals surface area contributed by atoms with Gasteiger partial charge in [0, 0.05) is 24.0 Å². The lowest BCUT2D eigenvalue weighted by molar-refractivity contribution is -0.126. The van der Waals surface area contributed by atoms with E-state index in [4.69, 9.17) is 0 Å². The molecule has 0 aromatic rings. The number of ketones is 1. The maximum absolute atomic E-state index is 11.9. The van der Waals surface area contributed by atoms with Gasteiger partial charge >= 0.3 is 0 Å². The highest BCUT2D eigenvalue weighted by atomic mass is 32.2. The molecule has 0 aliphatic heterocycles. The lowest BCUT2D eigenvalue weighted by Gasteiger charge is -2.36. The first kappa shape index (κ1) is 12.8. The minimum atomic E-state index is -0.233. The van der Waals surface area contributed by atoms with Gasteiger partial charge in [0.05, 0.1) is 0 Å². The summed E-state index contributed by atoms with van der Waals surface area (Å²) in [6.07, 6.45) is 2.73. The second-order valence-electron chi connectivity index (χ2n) is 5.10. The van der Waals surface area contributed by atoms with Crippen molar-refractivity contribution >= 4 is 22.7 Å². The third-order valence-corrected chi connectivity index (χ3v) is 4.23. The zero-order valence-electron chi connectivity index (χ0n) is 10.0. The molecule has 0 aromatic heterocycles. The van der Waals surface area contributed by atoms with E-state index >= 15 is 0 Å². The van der Waals surface area contributed by atoms with Gasteiger partial charge < -0.3 is 0 Å². The van der Waals surface area contributed by atoms with Gasteiger partial charge in [-0.25, -0.2) is 0 Å². The van der Waals surface area contributed by atoms with Gasteiger partial charge in [-0.3, -0.25) is 9.59 Å². The molecule has 1 rings (SSSR count). The fourth-order valence-corrected chi connectivity index (χ4v) is 3.51. The van der Waals surface area contributed by atoms with Gasteiger partial charge in [-0.15, -0.1) is 0 Å². The van der Waals surface area contributed by atoms with Crippen LogP contribution in [0.3, 0.4) is 0 Å². The number of rotatable bonds is 2. The Morgan fingerprint density at radius 3 is 2.47 bits per heavy atom. The molecule has 0 radical (unpaired) electrons. The molecule has 0 heterocycles. The van der Waals surface area contributed by atoms with Crippen molar-refractivity contribution in [2.75, 3.05) is 0 Å². The van der Waals surface area contributed by atoms with Crippen LogP contribution in [0.15, 0.2) is 0 Å². The van der Waals surface area contributed by atoms with Crippen LogP contribution in [0, 0.1) is 11.8 Å². The van der Waals surface area contributed by atoms with Crippen LogP contribution < -0.4 is 0 Å². The van der Waals surface area contributed by atoms with Crippen LogP contribution in [-0.4, -0.2) is 15.6 Å². The number of hydrogen-bond acceptors (Lipinski definition) is 3. The largest absolute Gasteiger partial charge is 0.299 e. The number of carbonyl (C=O) groups excluding carboxylic acids is 2. The van der Waals surface area contributed by atoms with Gasteiger partial charge in [0.2, 0.25) is 0 Å². The van der Waals surface area contributed by atoms with Gasteiger partial charge in [0.1, 0.15) is 5.78 Å². The standard InChI is InChI=1S/C12H20O2S/c1-8-5-6-10(11(14)7-8)12(3,4)15-9(2)13/h8,10H,5-7H2,1-4H3/t8-,10+/m1/s1. The molecule has 0 aromatic carbocycles. The predicted octanol–water partition coefficient (Wildman–Crippen LogP) is 3.05. The van der Waals surface area contributed by atoms with Crippen molar-refractivity contribution in [2.45, 2.75) is 51.7 Å². The van der Waals surface area contributed by atoms with Gasteiger partial charge in [-0.05, 0) is 32.6 Å². The zero-order chi connectivity index (χ0) is 11.6. The van der Waals surface area contributed by atoms with E-state index in [1.54, 1.807) is 6.92 Å². The molecule has 0 spiro atoms. The first-order valence-corrected chi connectivity index (χ1v) is 6.37. The quantitative estimate of drug-likeness (QED) is 0.728. The Morgan fingerprint density at radius 1 is 1.40 bits per heavy atom. The summed E-state index contributed by atoms with van der Waals surface area (Å²) in [6, 6.07) is 0. The van der Waals surface area contributed by atoms with Gasteiger partial charge in [0.15, 0.2) is 5.12 Å². The van der Waals surface area contributed by atoms with E-state index in [9.17, 15) is 9.59 Å². The lowest BCUT2D eigenvalue weighted by atomic mass is 9.76. The Balaban J connectivity index is 2.70. The van der Waals surface area contributed by atoms with Crippen molar-refractivity contribution < 1.29 is 9.59 Å². The van der Waals surface area contributed by atoms with Crippen LogP contribution in [-0.2, 0) is 9.59 Å². The fourth-order valence-electron chi connectivity index (χ4n) is 2.38. The first-order chi connectivity index (χ1) is 6.83. The van der Waals surface area contributed by atoms with E-state index in [1.807, 2.05) is 13.8 Å². The van der Waals surface area contributed by atoms with E-state index in [2.05, 4.69) is 6.92 Å². The number of carbonyl (C=O) groups is 2. The Hall–Kier alpha value is -0.310. The van der Waals surface area contributed by atoms with Crippen LogP contribution >= 0.6 is 11.8 Å².